The second kappa shape index (κ2) is 8.16. The van der Waals surface area contributed by atoms with E-state index in [1.165, 1.54) is 0 Å². The molecule has 5 N–H and O–H groups in total. The third-order valence-corrected chi connectivity index (χ3v) is 1.62. The fourth-order valence-corrected chi connectivity index (χ4v) is 0.802. The van der Waals surface area contributed by atoms with Crippen LogP contribution >= 0.6 is 0 Å². The third kappa shape index (κ3) is 6.83. The highest BCUT2D eigenvalue weighted by atomic mass is 17.2. The molecule has 0 heterocycles. The highest BCUT2D eigenvalue weighted by Gasteiger charge is 2.17. The minimum Gasteiger partial charge on any atom is -0.384 e. The van der Waals surface area contributed by atoms with Crippen molar-refractivity contribution < 1.29 is 24.5 Å². The zero-order chi connectivity index (χ0) is 11.7. The number of hydrogen-bond acceptors (Lipinski definition) is 7. The molecule has 0 saturated heterocycles. The number of aliphatic hydroxyl groups is 1. The van der Waals surface area contributed by atoms with Crippen molar-refractivity contribution in [2.75, 3.05) is 13.2 Å². The van der Waals surface area contributed by atoms with Gasteiger partial charge in [-0.05, 0) is 19.4 Å². The SMILES string of the molecule is NCCCCC(N)C(=O)OOC(=O)CO. The molecule has 7 nitrogen and oxygen atoms in total. The van der Waals surface area contributed by atoms with E-state index in [0.29, 0.717) is 19.4 Å². The number of hydrogen-bond donors (Lipinski definition) is 3. The molecule has 0 radical (unpaired) electrons. The first kappa shape index (κ1) is 13.8. The van der Waals surface area contributed by atoms with Crippen LogP contribution in [0.3, 0.4) is 0 Å². The quantitative estimate of drug-likeness (QED) is 0.280. The Balaban J connectivity index is 3.64. The largest absolute Gasteiger partial charge is 0.384 e. The summed E-state index contributed by atoms with van der Waals surface area (Å²) in [5.41, 5.74) is 10.7. The van der Waals surface area contributed by atoms with E-state index in [9.17, 15) is 9.59 Å². The second-order valence-corrected chi connectivity index (χ2v) is 2.91. The minimum atomic E-state index is -1.04. The Bertz CT molecular complexity index is 209. The van der Waals surface area contributed by atoms with Crippen LogP contribution in [-0.2, 0) is 19.4 Å². The maximum absolute atomic E-state index is 11.0. The molecular formula is C8H16N2O5. The average molecular weight is 220 g/mol. The van der Waals surface area contributed by atoms with Gasteiger partial charge in [-0.15, -0.1) is 0 Å². The average Bonchev–Trinajstić information content (AvgIpc) is 2.25. The summed E-state index contributed by atoms with van der Waals surface area (Å²) in [7, 11) is 0. The van der Waals surface area contributed by atoms with Crippen molar-refractivity contribution in [2.24, 2.45) is 11.5 Å². The topological polar surface area (TPSA) is 125 Å². The van der Waals surface area contributed by atoms with Crippen molar-refractivity contribution in [1.29, 1.82) is 0 Å². The fraction of sp³-hybridized carbons (Fsp3) is 0.750. The Morgan fingerprint density at radius 2 is 1.93 bits per heavy atom. The molecule has 0 amide bonds. The summed E-state index contributed by atoms with van der Waals surface area (Å²) in [6, 6.07) is -0.844. The summed E-state index contributed by atoms with van der Waals surface area (Å²) in [6.45, 7) is -0.322. The molecule has 0 fully saturated rings. The standard InChI is InChI=1S/C8H16N2O5/c9-4-2-1-3-6(10)8(13)15-14-7(12)5-11/h6,11H,1-5,9-10H2. The molecular weight excluding hydrogens is 204 g/mol. The molecule has 0 aliphatic heterocycles. The van der Waals surface area contributed by atoms with Crippen LogP contribution in [0.1, 0.15) is 19.3 Å². The predicted molar refractivity (Wildman–Crippen MR) is 50.2 cm³/mol. The summed E-state index contributed by atoms with van der Waals surface area (Å²) in [5.74, 6) is -1.88. The Morgan fingerprint density at radius 1 is 1.27 bits per heavy atom. The van der Waals surface area contributed by atoms with Gasteiger partial charge >= 0.3 is 11.9 Å². The lowest BCUT2D eigenvalue weighted by atomic mass is 10.1. The number of carbonyl (C=O) groups is 2. The number of aliphatic hydroxyl groups excluding tert-OH is 1. The van der Waals surface area contributed by atoms with Gasteiger partial charge in [0.1, 0.15) is 12.6 Å². The Labute approximate surface area is 87.2 Å². The lowest BCUT2D eigenvalue weighted by molar-refractivity contribution is -0.261. The van der Waals surface area contributed by atoms with Crippen molar-refractivity contribution in [2.45, 2.75) is 25.3 Å². The monoisotopic (exact) mass is 220 g/mol. The smallest absolute Gasteiger partial charge is 0.380 e. The lowest BCUT2D eigenvalue weighted by Crippen LogP contribution is -2.33. The van der Waals surface area contributed by atoms with Crippen molar-refractivity contribution in [3.05, 3.63) is 0 Å². The van der Waals surface area contributed by atoms with E-state index in [-0.39, 0.29) is 0 Å². The van der Waals surface area contributed by atoms with Crippen molar-refractivity contribution in [1.82, 2.24) is 0 Å². The van der Waals surface area contributed by atoms with E-state index in [4.69, 9.17) is 16.6 Å². The van der Waals surface area contributed by atoms with E-state index >= 15 is 0 Å². The Hall–Kier alpha value is -1.18. The molecule has 0 spiro atoms. The molecule has 0 bridgehead atoms. The van der Waals surface area contributed by atoms with Gasteiger partial charge in [0.2, 0.25) is 0 Å². The van der Waals surface area contributed by atoms with Crippen LogP contribution < -0.4 is 11.5 Å². The molecule has 0 aromatic rings. The number of nitrogens with two attached hydrogens (primary N) is 2. The fourth-order valence-electron chi connectivity index (χ4n) is 0.802. The van der Waals surface area contributed by atoms with Gasteiger partial charge in [-0.2, -0.15) is 0 Å². The summed E-state index contributed by atoms with van der Waals surface area (Å²) in [6.07, 6.45) is 1.87. The van der Waals surface area contributed by atoms with E-state index in [2.05, 4.69) is 9.78 Å². The van der Waals surface area contributed by atoms with Gasteiger partial charge in [0.25, 0.3) is 0 Å². The highest BCUT2D eigenvalue weighted by Crippen LogP contribution is 2.00. The van der Waals surface area contributed by atoms with Crippen LogP contribution in [0.2, 0.25) is 0 Å². The molecule has 0 saturated carbocycles. The third-order valence-electron chi connectivity index (χ3n) is 1.62. The maximum atomic E-state index is 11.0. The number of rotatable bonds is 6. The molecule has 0 aliphatic carbocycles. The van der Waals surface area contributed by atoms with Crippen LogP contribution in [0.5, 0.6) is 0 Å². The van der Waals surface area contributed by atoms with Crippen LogP contribution in [-0.4, -0.2) is 36.2 Å². The Morgan fingerprint density at radius 3 is 2.47 bits per heavy atom. The predicted octanol–water partition coefficient (Wildman–Crippen LogP) is -1.56. The van der Waals surface area contributed by atoms with Gasteiger partial charge in [0.05, 0.1) is 0 Å². The second-order valence-electron chi connectivity index (χ2n) is 2.91. The van der Waals surface area contributed by atoms with Crippen LogP contribution in [0.4, 0.5) is 0 Å². The zero-order valence-corrected chi connectivity index (χ0v) is 8.35. The molecule has 88 valence electrons. The zero-order valence-electron chi connectivity index (χ0n) is 8.35. The van der Waals surface area contributed by atoms with E-state index < -0.39 is 24.6 Å². The van der Waals surface area contributed by atoms with Gasteiger partial charge in [-0.1, -0.05) is 6.42 Å². The van der Waals surface area contributed by atoms with Gasteiger partial charge in [-0.3, -0.25) is 0 Å². The number of unbranched alkanes of at least 4 members (excludes halogenated alkanes) is 1. The van der Waals surface area contributed by atoms with Gasteiger partial charge in [0, 0.05) is 0 Å². The highest BCUT2D eigenvalue weighted by molar-refractivity contribution is 5.76. The van der Waals surface area contributed by atoms with Crippen molar-refractivity contribution in [3.8, 4) is 0 Å². The van der Waals surface area contributed by atoms with Crippen molar-refractivity contribution in [3.63, 3.8) is 0 Å². The lowest BCUT2D eigenvalue weighted by Gasteiger charge is -2.08. The first-order valence-corrected chi connectivity index (χ1v) is 4.59. The van der Waals surface area contributed by atoms with Crippen molar-refractivity contribution >= 4 is 11.9 Å². The summed E-state index contributed by atoms with van der Waals surface area (Å²) < 4.78 is 0. The van der Waals surface area contributed by atoms with Gasteiger partial charge in [0.15, 0.2) is 0 Å². The molecule has 0 rings (SSSR count). The van der Waals surface area contributed by atoms with E-state index in [0.717, 1.165) is 6.42 Å². The molecule has 0 aromatic carbocycles. The van der Waals surface area contributed by atoms with Gasteiger partial charge < -0.3 is 16.6 Å². The molecule has 15 heavy (non-hydrogen) atoms. The maximum Gasteiger partial charge on any atom is 0.380 e. The summed E-state index contributed by atoms with van der Waals surface area (Å²) in [4.78, 5) is 29.4. The number of carbonyl (C=O) groups excluding carboxylic acids is 2. The van der Waals surface area contributed by atoms with Gasteiger partial charge in [-0.25, -0.2) is 19.4 Å². The molecule has 0 aliphatic rings. The van der Waals surface area contributed by atoms with E-state index in [1.807, 2.05) is 0 Å². The normalized spacial score (nSPS) is 11.9. The molecule has 1 atom stereocenters. The minimum absolute atomic E-state index is 0.409. The van der Waals surface area contributed by atoms with Crippen LogP contribution in [0, 0.1) is 0 Å². The van der Waals surface area contributed by atoms with E-state index in [1.54, 1.807) is 0 Å². The molecule has 0 aromatic heterocycles. The first-order valence-electron chi connectivity index (χ1n) is 4.59. The molecule has 1 unspecified atom stereocenters. The summed E-state index contributed by atoms with van der Waals surface area (Å²) in [5, 5.41) is 8.25. The molecule has 7 heteroatoms. The summed E-state index contributed by atoms with van der Waals surface area (Å²) >= 11 is 0. The first-order chi connectivity index (χ1) is 7.11. The van der Waals surface area contributed by atoms with Crippen LogP contribution in [0.25, 0.3) is 0 Å². The van der Waals surface area contributed by atoms with Crippen LogP contribution in [0.15, 0.2) is 0 Å². The Kier molecular flexibility index (Phi) is 7.51.